The standard InChI is InChI=1S/C16H13NS/c1-2-8-15(9-3-1)17-18-16-11-10-13-6-4-5-7-14(13)12-16/h1-12,17H. The summed E-state index contributed by atoms with van der Waals surface area (Å²) in [4.78, 5) is 1.22. The van der Waals surface area contributed by atoms with Gasteiger partial charge in [0.05, 0.1) is 0 Å². The minimum Gasteiger partial charge on any atom is -0.326 e. The van der Waals surface area contributed by atoms with Crippen molar-refractivity contribution in [2.24, 2.45) is 0 Å². The summed E-state index contributed by atoms with van der Waals surface area (Å²) in [5.41, 5.74) is 1.12. The van der Waals surface area contributed by atoms with Gasteiger partial charge >= 0.3 is 0 Å². The molecule has 1 nitrogen and oxygen atoms in total. The van der Waals surface area contributed by atoms with Gasteiger partial charge in [-0.05, 0) is 47.0 Å². The van der Waals surface area contributed by atoms with Gasteiger partial charge in [-0.1, -0.05) is 48.5 Å². The molecule has 0 aliphatic heterocycles. The molecule has 0 heterocycles. The van der Waals surface area contributed by atoms with Crippen molar-refractivity contribution < 1.29 is 0 Å². The molecule has 0 amide bonds. The molecular formula is C16H13NS. The summed E-state index contributed by atoms with van der Waals surface area (Å²) in [6.45, 7) is 0. The first kappa shape index (κ1) is 11.2. The maximum atomic E-state index is 3.34. The zero-order valence-electron chi connectivity index (χ0n) is 9.84. The Kier molecular flexibility index (Phi) is 3.20. The van der Waals surface area contributed by atoms with Crippen molar-refractivity contribution in [2.75, 3.05) is 4.72 Å². The van der Waals surface area contributed by atoms with Gasteiger partial charge < -0.3 is 4.72 Å². The molecule has 3 rings (SSSR count). The number of para-hydroxylation sites is 1. The van der Waals surface area contributed by atoms with E-state index in [-0.39, 0.29) is 0 Å². The Morgan fingerprint density at radius 3 is 2.22 bits per heavy atom. The van der Waals surface area contributed by atoms with Crippen LogP contribution in [0.5, 0.6) is 0 Å². The monoisotopic (exact) mass is 251 g/mol. The Balaban J connectivity index is 1.79. The van der Waals surface area contributed by atoms with E-state index in [1.54, 1.807) is 11.9 Å². The predicted molar refractivity (Wildman–Crippen MR) is 79.9 cm³/mol. The third-order valence-corrected chi connectivity index (χ3v) is 3.61. The lowest BCUT2D eigenvalue weighted by molar-refractivity contribution is 1.51. The van der Waals surface area contributed by atoms with Crippen molar-refractivity contribution in [2.45, 2.75) is 4.90 Å². The molecule has 3 aromatic carbocycles. The highest BCUT2D eigenvalue weighted by Crippen LogP contribution is 2.24. The van der Waals surface area contributed by atoms with E-state index >= 15 is 0 Å². The van der Waals surface area contributed by atoms with Crippen LogP contribution in [0.2, 0.25) is 0 Å². The van der Waals surface area contributed by atoms with Gasteiger partial charge in [0.25, 0.3) is 0 Å². The molecule has 0 aliphatic rings. The van der Waals surface area contributed by atoms with Gasteiger partial charge in [0, 0.05) is 10.6 Å². The number of nitrogens with one attached hydrogen (secondary N) is 1. The van der Waals surface area contributed by atoms with Crippen LogP contribution < -0.4 is 4.72 Å². The fraction of sp³-hybridized carbons (Fsp3) is 0. The van der Waals surface area contributed by atoms with Gasteiger partial charge in [0.2, 0.25) is 0 Å². The van der Waals surface area contributed by atoms with Crippen molar-refractivity contribution in [1.82, 2.24) is 0 Å². The number of anilines is 1. The van der Waals surface area contributed by atoms with Crippen LogP contribution in [0.3, 0.4) is 0 Å². The lowest BCUT2D eigenvalue weighted by atomic mass is 10.1. The van der Waals surface area contributed by atoms with Crippen LogP contribution in [0.1, 0.15) is 0 Å². The SMILES string of the molecule is c1ccc(NSc2ccc3ccccc3c2)cc1. The van der Waals surface area contributed by atoms with Gasteiger partial charge in [0.15, 0.2) is 0 Å². The summed E-state index contributed by atoms with van der Waals surface area (Å²) >= 11 is 1.64. The van der Waals surface area contributed by atoms with Crippen LogP contribution in [-0.4, -0.2) is 0 Å². The van der Waals surface area contributed by atoms with E-state index in [2.05, 4.69) is 59.3 Å². The topological polar surface area (TPSA) is 12.0 Å². The molecule has 88 valence electrons. The molecule has 0 saturated carbocycles. The first-order valence-corrected chi connectivity index (χ1v) is 6.70. The highest BCUT2D eigenvalue weighted by molar-refractivity contribution is 8.00. The molecule has 0 atom stereocenters. The minimum absolute atomic E-state index is 1.12. The second-order valence-electron chi connectivity index (χ2n) is 4.08. The van der Waals surface area contributed by atoms with E-state index < -0.39 is 0 Å². The molecule has 0 bridgehead atoms. The van der Waals surface area contributed by atoms with E-state index in [1.165, 1.54) is 15.7 Å². The largest absolute Gasteiger partial charge is 0.326 e. The molecule has 3 aromatic rings. The second-order valence-corrected chi connectivity index (χ2v) is 4.96. The minimum atomic E-state index is 1.12. The van der Waals surface area contributed by atoms with Crippen LogP contribution in [0, 0.1) is 0 Å². The number of hydrogen-bond acceptors (Lipinski definition) is 2. The van der Waals surface area contributed by atoms with Crippen molar-refractivity contribution in [1.29, 1.82) is 0 Å². The van der Waals surface area contributed by atoms with Crippen molar-refractivity contribution in [3.63, 3.8) is 0 Å². The summed E-state index contributed by atoms with van der Waals surface area (Å²) in [7, 11) is 0. The molecular weight excluding hydrogens is 238 g/mol. The Labute approximate surface area is 111 Å². The van der Waals surface area contributed by atoms with Crippen LogP contribution in [0.4, 0.5) is 5.69 Å². The quantitative estimate of drug-likeness (QED) is 0.660. The summed E-state index contributed by atoms with van der Waals surface area (Å²) in [6, 6.07) is 25.1. The molecule has 0 spiro atoms. The van der Waals surface area contributed by atoms with Gasteiger partial charge in [-0.3, -0.25) is 0 Å². The average Bonchev–Trinajstić information content (AvgIpc) is 2.46. The molecule has 18 heavy (non-hydrogen) atoms. The van der Waals surface area contributed by atoms with E-state index in [0.29, 0.717) is 0 Å². The first-order chi connectivity index (χ1) is 8.92. The van der Waals surface area contributed by atoms with Crippen molar-refractivity contribution in [3.05, 3.63) is 72.8 Å². The zero-order valence-corrected chi connectivity index (χ0v) is 10.7. The Bertz CT molecular complexity index is 649. The van der Waals surface area contributed by atoms with Gasteiger partial charge in [0.1, 0.15) is 0 Å². The van der Waals surface area contributed by atoms with E-state index in [1.807, 2.05) is 18.2 Å². The summed E-state index contributed by atoms with van der Waals surface area (Å²) < 4.78 is 3.34. The molecule has 0 saturated heterocycles. The molecule has 0 aliphatic carbocycles. The van der Waals surface area contributed by atoms with Crippen molar-refractivity contribution >= 4 is 28.4 Å². The zero-order chi connectivity index (χ0) is 12.2. The lowest BCUT2D eigenvalue weighted by Gasteiger charge is -2.06. The molecule has 1 N–H and O–H groups in total. The summed E-state index contributed by atoms with van der Waals surface area (Å²) in [5.74, 6) is 0. The molecule has 0 radical (unpaired) electrons. The molecule has 2 heteroatoms. The van der Waals surface area contributed by atoms with Gasteiger partial charge in [-0.15, -0.1) is 0 Å². The second kappa shape index (κ2) is 5.15. The highest BCUT2D eigenvalue weighted by atomic mass is 32.2. The maximum Gasteiger partial charge on any atom is 0.0443 e. The number of fused-ring (bicyclic) bond motifs is 1. The number of benzene rings is 3. The van der Waals surface area contributed by atoms with Crippen LogP contribution in [0.15, 0.2) is 77.7 Å². The molecule has 0 aromatic heterocycles. The van der Waals surface area contributed by atoms with E-state index in [9.17, 15) is 0 Å². The van der Waals surface area contributed by atoms with Gasteiger partial charge in [-0.2, -0.15) is 0 Å². The van der Waals surface area contributed by atoms with Crippen LogP contribution in [0.25, 0.3) is 10.8 Å². The smallest absolute Gasteiger partial charge is 0.0443 e. The van der Waals surface area contributed by atoms with E-state index in [4.69, 9.17) is 0 Å². The Morgan fingerprint density at radius 1 is 0.667 bits per heavy atom. The molecule has 0 fully saturated rings. The van der Waals surface area contributed by atoms with Crippen LogP contribution >= 0.6 is 11.9 Å². The third kappa shape index (κ3) is 2.49. The normalized spacial score (nSPS) is 10.4. The maximum absolute atomic E-state index is 3.34. The van der Waals surface area contributed by atoms with Crippen LogP contribution in [-0.2, 0) is 0 Å². The average molecular weight is 251 g/mol. The van der Waals surface area contributed by atoms with Gasteiger partial charge in [-0.25, -0.2) is 0 Å². The first-order valence-electron chi connectivity index (χ1n) is 5.88. The summed E-state index contributed by atoms with van der Waals surface area (Å²) in [5, 5.41) is 2.55. The highest BCUT2D eigenvalue weighted by Gasteiger charge is 1.97. The fourth-order valence-corrected chi connectivity index (χ4v) is 2.55. The Hall–Kier alpha value is -1.93. The Morgan fingerprint density at radius 2 is 1.39 bits per heavy atom. The molecule has 0 unspecified atom stereocenters. The third-order valence-electron chi connectivity index (χ3n) is 2.78. The number of hydrogen-bond donors (Lipinski definition) is 1. The van der Waals surface area contributed by atoms with Crippen molar-refractivity contribution in [3.8, 4) is 0 Å². The predicted octanol–water partition coefficient (Wildman–Crippen LogP) is 4.96. The van der Waals surface area contributed by atoms with E-state index in [0.717, 1.165) is 5.69 Å². The number of rotatable bonds is 3. The lowest BCUT2D eigenvalue weighted by Crippen LogP contribution is -1.85. The fourth-order valence-electron chi connectivity index (χ4n) is 1.85. The summed E-state index contributed by atoms with van der Waals surface area (Å²) in [6.07, 6.45) is 0.